The Kier molecular flexibility index (Phi) is 2.63. The molecule has 0 atom stereocenters. The number of nitrogens with one attached hydrogen (secondary N) is 1. The summed E-state index contributed by atoms with van der Waals surface area (Å²) in [6.07, 6.45) is 5.72. The van der Waals surface area contributed by atoms with E-state index in [-0.39, 0.29) is 5.56 Å². The van der Waals surface area contributed by atoms with Gasteiger partial charge in [-0.05, 0) is 18.4 Å². The van der Waals surface area contributed by atoms with Gasteiger partial charge in [-0.1, -0.05) is 0 Å². The summed E-state index contributed by atoms with van der Waals surface area (Å²) in [6.45, 7) is 0.887. The molecule has 4 heteroatoms. The van der Waals surface area contributed by atoms with Crippen molar-refractivity contribution in [2.24, 2.45) is 0 Å². The average Bonchev–Trinajstić information content (AvgIpc) is 2.59. The van der Waals surface area contributed by atoms with E-state index in [0.717, 1.165) is 23.2 Å². The maximum absolute atomic E-state index is 11.5. The Morgan fingerprint density at radius 1 is 1.50 bits per heavy atom. The number of hydrogen-bond acceptors (Lipinski definition) is 2. The van der Waals surface area contributed by atoms with Crippen molar-refractivity contribution >= 4 is 22.7 Å². The lowest BCUT2D eigenvalue weighted by molar-refractivity contribution is 0.803. The summed E-state index contributed by atoms with van der Waals surface area (Å²) >= 11 is 1.78. The van der Waals surface area contributed by atoms with Crippen LogP contribution < -0.4 is 5.56 Å². The van der Waals surface area contributed by atoms with Gasteiger partial charge in [0.1, 0.15) is 5.52 Å². The summed E-state index contributed by atoms with van der Waals surface area (Å²) in [4.78, 5) is 14.2. The zero-order chi connectivity index (χ0) is 9.97. The summed E-state index contributed by atoms with van der Waals surface area (Å²) in [6, 6.07) is 3.90. The van der Waals surface area contributed by atoms with E-state index in [4.69, 9.17) is 0 Å². The maximum Gasteiger partial charge on any atom is 0.272 e. The van der Waals surface area contributed by atoms with Gasteiger partial charge in [-0.25, -0.2) is 0 Å². The molecular weight excluding hydrogens is 196 g/mol. The van der Waals surface area contributed by atoms with E-state index in [0.29, 0.717) is 0 Å². The zero-order valence-electron chi connectivity index (χ0n) is 7.99. The molecule has 0 aliphatic carbocycles. The van der Waals surface area contributed by atoms with Gasteiger partial charge in [0.2, 0.25) is 0 Å². The van der Waals surface area contributed by atoms with Crippen LogP contribution in [0.5, 0.6) is 0 Å². The molecule has 14 heavy (non-hydrogen) atoms. The molecule has 3 nitrogen and oxygen atoms in total. The SMILES string of the molecule is CSCCn1ccc2cc[nH]c(=O)c21. The molecule has 2 heterocycles. The molecule has 0 aromatic carbocycles. The van der Waals surface area contributed by atoms with E-state index in [2.05, 4.69) is 11.2 Å². The Bertz CT molecular complexity index is 486. The topological polar surface area (TPSA) is 37.8 Å². The van der Waals surface area contributed by atoms with Crippen molar-refractivity contribution in [2.75, 3.05) is 12.0 Å². The fraction of sp³-hybridized carbons (Fsp3) is 0.300. The highest BCUT2D eigenvalue weighted by molar-refractivity contribution is 7.98. The van der Waals surface area contributed by atoms with Crippen LogP contribution in [0.25, 0.3) is 10.9 Å². The smallest absolute Gasteiger partial charge is 0.272 e. The Hall–Kier alpha value is -1.16. The largest absolute Gasteiger partial charge is 0.342 e. The van der Waals surface area contributed by atoms with Crippen molar-refractivity contribution < 1.29 is 0 Å². The number of fused-ring (bicyclic) bond motifs is 1. The number of hydrogen-bond donors (Lipinski definition) is 1. The van der Waals surface area contributed by atoms with Gasteiger partial charge in [0.05, 0.1) is 0 Å². The van der Waals surface area contributed by atoms with E-state index in [1.165, 1.54) is 0 Å². The van der Waals surface area contributed by atoms with Gasteiger partial charge >= 0.3 is 0 Å². The second-order valence-corrected chi connectivity index (χ2v) is 4.10. The monoisotopic (exact) mass is 208 g/mol. The van der Waals surface area contributed by atoms with Crippen LogP contribution in [0, 0.1) is 0 Å². The predicted octanol–water partition coefficient (Wildman–Crippen LogP) is 1.69. The number of H-pyrrole nitrogens is 1. The predicted molar refractivity (Wildman–Crippen MR) is 60.9 cm³/mol. The lowest BCUT2D eigenvalue weighted by atomic mass is 10.3. The van der Waals surface area contributed by atoms with Gasteiger partial charge in [-0.2, -0.15) is 11.8 Å². The van der Waals surface area contributed by atoms with Crippen molar-refractivity contribution in [2.45, 2.75) is 6.54 Å². The van der Waals surface area contributed by atoms with Crippen molar-refractivity contribution in [3.63, 3.8) is 0 Å². The lowest BCUT2D eigenvalue weighted by Gasteiger charge is -2.01. The number of aromatic amines is 1. The molecule has 2 rings (SSSR count). The number of aromatic nitrogens is 2. The van der Waals surface area contributed by atoms with Crippen LogP contribution >= 0.6 is 11.8 Å². The number of rotatable bonds is 3. The van der Waals surface area contributed by atoms with E-state index in [1.807, 2.05) is 22.9 Å². The summed E-state index contributed by atoms with van der Waals surface area (Å²) < 4.78 is 2.00. The van der Waals surface area contributed by atoms with Crippen molar-refractivity contribution in [1.82, 2.24) is 9.55 Å². The number of aryl methyl sites for hydroxylation is 1. The van der Waals surface area contributed by atoms with Crippen LogP contribution in [0.4, 0.5) is 0 Å². The van der Waals surface area contributed by atoms with Crippen LogP contribution in [0.3, 0.4) is 0 Å². The average molecular weight is 208 g/mol. The molecule has 2 aromatic heterocycles. The second-order valence-electron chi connectivity index (χ2n) is 3.11. The van der Waals surface area contributed by atoms with Crippen LogP contribution in [-0.4, -0.2) is 21.6 Å². The minimum absolute atomic E-state index is 0.00592. The molecule has 1 N–H and O–H groups in total. The molecule has 2 aromatic rings. The second kappa shape index (κ2) is 3.92. The maximum atomic E-state index is 11.5. The molecule has 0 bridgehead atoms. The molecule has 0 amide bonds. The molecule has 0 unspecified atom stereocenters. The first-order chi connectivity index (χ1) is 6.83. The Morgan fingerprint density at radius 2 is 2.36 bits per heavy atom. The molecule has 0 aliphatic rings. The van der Waals surface area contributed by atoms with Crippen LogP contribution in [0.2, 0.25) is 0 Å². The summed E-state index contributed by atoms with van der Waals surface area (Å²) in [5.41, 5.74) is 0.773. The minimum atomic E-state index is -0.00592. The van der Waals surface area contributed by atoms with Gasteiger partial charge < -0.3 is 9.55 Å². The first kappa shape index (κ1) is 9.40. The number of nitrogens with zero attached hydrogens (tertiary/aromatic N) is 1. The minimum Gasteiger partial charge on any atom is -0.342 e. The fourth-order valence-corrected chi connectivity index (χ4v) is 1.92. The third-order valence-corrected chi connectivity index (χ3v) is 2.81. The van der Waals surface area contributed by atoms with E-state index < -0.39 is 0 Å². The number of pyridine rings is 1. The van der Waals surface area contributed by atoms with Crippen LogP contribution in [-0.2, 0) is 6.54 Å². The molecule has 0 radical (unpaired) electrons. The van der Waals surface area contributed by atoms with Gasteiger partial charge in [-0.15, -0.1) is 0 Å². The van der Waals surface area contributed by atoms with Crippen molar-refractivity contribution in [3.8, 4) is 0 Å². The Balaban J connectivity index is 2.50. The third kappa shape index (κ3) is 1.57. The number of thioether (sulfide) groups is 1. The fourth-order valence-electron chi connectivity index (χ4n) is 1.54. The third-order valence-electron chi connectivity index (χ3n) is 2.22. The van der Waals surface area contributed by atoms with Gasteiger partial charge in [0.25, 0.3) is 5.56 Å². The first-order valence-corrected chi connectivity index (χ1v) is 5.88. The highest BCUT2D eigenvalue weighted by Crippen LogP contribution is 2.10. The van der Waals surface area contributed by atoms with Crippen LogP contribution in [0.15, 0.2) is 29.3 Å². The normalized spacial score (nSPS) is 10.9. The Morgan fingerprint density at radius 3 is 3.14 bits per heavy atom. The first-order valence-electron chi connectivity index (χ1n) is 4.48. The molecular formula is C10H12N2OS. The van der Waals surface area contributed by atoms with Crippen LogP contribution in [0.1, 0.15) is 0 Å². The molecule has 0 saturated heterocycles. The van der Waals surface area contributed by atoms with E-state index in [1.54, 1.807) is 18.0 Å². The molecule has 0 spiro atoms. The molecule has 0 fully saturated rings. The van der Waals surface area contributed by atoms with Crippen molar-refractivity contribution in [1.29, 1.82) is 0 Å². The standard InChI is InChI=1S/C10H12N2OS/c1-14-7-6-12-5-3-8-2-4-11-10(13)9(8)12/h2-5H,6-7H2,1H3,(H,11,13). The molecule has 74 valence electrons. The summed E-state index contributed by atoms with van der Waals surface area (Å²) in [5, 5.41) is 1.01. The lowest BCUT2D eigenvalue weighted by Crippen LogP contribution is -2.10. The highest BCUT2D eigenvalue weighted by atomic mass is 32.2. The Labute approximate surface area is 86.1 Å². The van der Waals surface area contributed by atoms with Gasteiger partial charge in [-0.3, -0.25) is 4.79 Å². The van der Waals surface area contributed by atoms with Crippen molar-refractivity contribution in [3.05, 3.63) is 34.9 Å². The molecule has 0 saturated carbocycles. The van der Waals surface area contributed by atoms with Gasteiger partial charge in [0, 0.05) is 30.1 Å². The quantitative estimate of drug-likeness (QED) is 0.833. The highest BCUT2D eigenvalue weighted by Gasteiger charge is 2.03. The summed E-state index contributed by atoms with van der Waals surface area (Å²) in [5.74, 6) is 1.03. The van der Waals surface area contributed by atoms with E-state index in [9.17, 15) is 4.79 Å². The molecule has 0 aliphatic heterocycles. The van der Waals surface area contributed by atoms with Gasteiger partial charge in [0.15, 0.2) is 0 Å². The van der Waals surface area contributed by atoms with E-state index >= 15 is 0 Å². The summed E-state index contributed by atoms with van der Waals surface area (Å²) in [7, 11) is 0. The zero-order valence-corrected chi connectivity index (χ0v) is 8.80.